The molecule has 0 aliphatic carbocycles. The van der Waals surface area contributed by atoms with E-state index in [2.05, 4.69) is 115 Å². The Balaban J connectivity index is 1.54. The van der Waals surface area contributed by atoms with Gasteiger partial charge in [-0.15, -0.1) is 0 Å². The van der Waals surface area contributed by atoms with Gasteiger partial charge in [-0.1, -0.05) is 128 Å². The molecule has 0 spiro atoms. The summed E-state index contributed by atoms with van der Waals surface area (Å²) in [4.78, 5) is 2.43. The molecule has 2 nitrogen and oxygen atoms in total. The van der Waals surface area contributed by atoms with Crippen LogP contribution in [0.4, 0.5) is 0 Å². The van der Waals surface area contributed by atoms with E-state index in [0.717, 1.165) is 5.70 Å². The van der Waals surface area contributed by atoms with Crippen molar-refractivity contribution in [1.29, 1.82) is 0 Å². The minimum absolute atomic E-state index is 0.152. The first kappa shape index (κ1) is 20.3. The van der Waals surface area contributed by atoms with Crippen LogP contribution in [0.25, 0.3) is 0 Å². The highest BCUT2D eigenvalue weighted by molar-refractivity contribution is 5.54. The summed E-state index contributed by atoms with van der Waals surface area (Å²) in [6, 6.07) is 42.7. The van der Waals surface area contributed by atoms with E-state index in [1.807, 2.05) is 18.2 Å². The minimum atomic E-state index is -0.457. The van der Waals surface area contributed by atoms with Crippen LogP contribution in [0, 0.1) is 0 Å². The van der Waals surface area contributed by atoms with Gasteiger partial charge in [0.15, 0.2) is 0 Å². The van der Waals surface area contributed by atoms with Crippen molar-refractivity contribution in [2.45, 2.75) is 18.2 Å². The van der Waals surface area contributed by atoms with Crippen molar-refractivity contribution < 1.29 is 4.74 Å². The molecule has 1 saturated heterocycles. The van der Waals surface area contributed by atoms with Crippen LogP contribution in [-0.4, -0.2) is 17.5 Å². The van der Waals surface area contributed by atoms with Gasteiger partial charge in [0, 0.05) is 5.70 Å². The highest BCUT2D eigenvalue weighted by Gasteiger charge is 2.55. The molecular formula is C30H27NO. The van der Waals surface area contributed by atoms with Crippen molar-refractivity contribution in [2.24, 2.45) is 0 Å². The van der Waals surface area contributed by atoms with E-state index in [0.29, 0.717) is 13.2 Å². The number of nitrogens with zero attached hydrogens (tertiary/aromatic N) is 1. The van der Waals surface area contributed by atoms with E-state index < -0.39 is 5.54 Å². The summed E-state index contributed by atoms with van der Waals surface area (Å²) in [6.45, 7) is 5.66. The third kappa shape index (κ3) is 3.63. The number of hydrogen-bond donors (Lipinski definition) is 0. The Kier molecular flexibility index (Phi) is 5.62. The van der Waals surface area contributed by atoms with Gasteiger partial charge >= 0.3 is 0 Å². The van der Waals surface area contributed by atoms with Crippen LogP contribution >= 0.6 is 0 Å². The van der Waals surface area contributed by atoms with Gasteiger partial charge in [0.1, 0.15) is 5.54 Å². The maximum atomic E-state index is 6.14. The largest absolute Gasteiger partial charge is 0.374 e. The molecular weight excluding hydrogens is 390 g/mol. The van der Waals surface area contributed by atoms with Gasteiger partial charge in [-0.2, -0.15) is 0 Å². The molecule has 158 valence electrons. The number of ether oxygens (including phenoxy) is 1. The fourth-order valence-corrected chi connectivity index (χ4v) is 4.72. The minimum Gasteiger partial charge on any atom is -0.374 e. The predicted molar refractivity (Wildman–Crippen MR) is 130 cm³/mol. The molecule has 1 aliphatic heterocycles. The lowest BCUT2D eigenvalue weighted by Gasteiger charge is -2.38. The molecule has 5 rings (SSSR count). The number of benzene rings is 4. The highest BCUT2D eigenvalue weighted by atomic mass is 16.5. The third-order valence-corrected chi connectivity index (χ3v) is 6.26. The topological polar surface area (TPSA) is 12.2 Å². The molecule has 2 heteroatoms. The molecule has 0 bridgehead atoms. The molecule has 1 atom stereocenters. The van der Waals surface area contributed by atoms with E-state index in [1.54, 1.807) is 0 Å². The fraction of sp³-hybridized carbons (Fsp3) is 0.133. The summed E-state index contributed by atoms with van der Waals surface area (Å²) in [7, 11) is 0. The lowest BCUT2D eigenvalue weighted by atomic mass is 9.76. The Labute approximate surface area is 190 Å². The molecule has 1 aliphatic rings. The molecule has 1 heterocycles. The zero-order chi connectivity index (χ0) is 21.8. The van der Waals surface area contributed by atoms with E-state index in [-0.39, 0.29) is 6.04 Å². The molecule has 1 fully saturated rings. The average Bonchev–Trinajstić information content (AvgIpc) is 3.51. The van der Waals surface area contributed by atoms with Crippen molar-refractivity contribution in [2.75, 3.05) is 6.61 Å². The van der Waals surface area contributed by atoms with Gasteiger partial charge in [-0.05, 0) is 22.3 Å². The Hall–Kier alpha value is -3.62. The van der Waals surface area contributed by atoms with Gasteiger partial charge < -0.3 is 9.64 Å². The number of rotatable bonds is 8. The van der Waals surface area contributed by atoms with E-state index in [4.69, 9.17) is 4.74 Å². The lowest BCUT2D eigenvalue weighted by Crippen LogP contribution is -2.39. The maximum absolute atomic E-state index is 6.14. The van der Waals surface area contributed by atoms with Crippen molar-refractivity contribution in [3.8, 4) is 0 Å². The van der Waals surface area contributed by atoms with Crippen LogP contribution in [0.3, 0.4) is 0 Å². The van der Waals surface area contributed by atoms with Gasteiger partial charge in [0.2, 0.25) is 0 Å². The van der Waals surface area contributed by atoms with Crippen LogP contribution in [0.5, 0.6) is 0 Å². The molecule has 4 aromatic carbocycles. The second-order valence-electron chi connectivity index (χ2n) is 8.19. The van der Waals surface area contributed by atoms with Crippen LogP contribution in [0.2, 0.25) is 0 Å². The zero-order valence-electron chi connectivity index (χ0n) is 18.1. The second-order valence-corrected chi connectivity index (χ2v) is 8.19. The lowest BCUT2D eigenvalue weighted by molar-refractivity contribution is 0.107. The normalized spacial score (nSPS) is 15.6. The smallest absolute Gasteiger partial charge is 0.117 e. The maximum Gasteiger partial charge on any atom is 0.117 e. The van der Waals surface area contributed by atoms with Gasteiger partial charge in [0.25, 0.3) is 0 Å². The first-order chi connectivity index (χ1) is 15.8. The van der Waals surface area contributed by atoms with Crippen LogP contribution < -0.4 is 0 Å². The van der Waals surface area contributed by atoms with Gasteiger partial charge in [-0.25, -0.2) is 0 Å². The van der Waals surface area contributed by atoms with E-state index >= 15 is 0 Å². The standard InChI is InChI=1S/C30H27NO/c1-24-29(23-32-22-25-14-6-2-7-15-25)31(24)30(26-16-8-3-9-17-26,27-18-10-4-11-19-27)28-20-12-5-13-21-28/h2-21,29H,1,22-23H2. The molecule has 1 unspecified atom stereocenters. The molecule has 0 N–H and O–H groups in total. The summed E-state index contributed by atoms with van der Waals surface area (Å²) in [5.74, 6) is 0. The Morgan fingerprint density at radius 3 is 1.47 bits per heavy atom. The van der Waals surface area contributed by atoms with Crippen molar-refractivity contribution >= 4 is 0 Å². The van der Waals surface area contributed by atoms with Crippen molar-refractivity contribution in [3.05, 3.63) is 156 Å². The summed E-state index contributed by atoms with van der Waals surface area (Å²) in [5, 5.41) is 0. The number of hydrogen-bond acceptors (Lipinski definition) is 2. The SMILES string of the molecule is C=C1C(COCc2ccccc2)N1C(c1ccccc1)(c1ccccc1)c1ccccc1. The molecule has 4 aromatic rings. The quantitative estimate of drug-likeness (QED) is 0.243. The van der Waals surface area contributed by atoms with E-state index in [1.165, 1.54) is 22.3 Å². The predicted octanol–water partition coefficient (Wildman–Crippen LogP) is 6.39. The monoisotopic (exact) mass is 417 g/mol. The van der Waals surface area contributed by atoms with Crippen molar-refractivity contribution in [1.82, 2.24) is 4.90 Å². The van der Waals surface area contributed by atoms with E-state index in [9.17, 15) is 0 Å². The summed E-state index contributed by atoms with van der Waals surface area (Å²) < 4.78 is 6.14. The summed E-state index contributed by atoms with van der Waals surface area (Å²) in [6.07, 6.45) is 0. The Morgan fingerprint density at radius 1 is 0.625 bits per heavy atom. The van der Waals surface area contributed by atoms with Crippen LogP contribution in [0.15, 0.2) is 134 Å². The third-order valence-electron chi connectivity index (χ3n) is 6.26. The summed E-state index contributed by atoms with van der Waals surface area (Å²) in [5.41, 5.74) is 5.51. The molecule has 0 saturated carbocycles. The Morgan fingerprint density at radius 2 is 1.03 bits per heavy atom. The van der Waals surface area contributed by atoms with Gasteiger partial charge in [-0.3, -0.25) is 0 Å². The first-order valence-corrected chi connectivity index (χ1v) is 11.1. The zero-order valence-corrected chi connectivity index (χ0v) is 18.1. The summed E-state index contributed by atoms with van der Waals surface area (Å²) >= 11 is 0. The molecule has 0 aromatic heterocycles. The van der Waals surface area contributed by atoms with Gasteiger partial charge in [0.05, 0.1) is 19.3 Å². The molecule has 0 amide bonds. The fourth-order valence-electron chi connectivity index (χ4n) is 4.72. The second kappa shape index (κ2) is 8.86. The molecule has 32 heavy (non-hydrogen) atoms. The highest BCUT2D eigenvalue weighted by Crippen LogP contribution is 2.53. The molecule has 0 radical (unpaired) electrons. The average molecular weight is 418 g/mol. The first-order valence-electron chi connectivity index (χ1n) is 11.1. The van der Waals surface area contributed by atoms with Crippen LogP contribution in [0.1, 0.15) is 22.3 Å². The van der Waals surface area contributed by atoms with Crippen molar-refractivity contribution in [3.63, 3.8) is 0 Å². The van der Waals surface area contributed by atoms with Crippen LogP contribution in [-0.2, 0) is 16.9 Å². The Bertz CT molecular complexity index is 1060.